The number of hydrogen-bond donors (Lipinski definition) is 2. The molecule has 4 N–H and O–H groups in total. The SMILES string of the molecule is C=CCC1=C(N)c2cccc3cccc(c23)C1N. The standard InChI is InChI=1S/C16H16N2/c1-2-5-13-15(17)11-8-3-6-10-7-4-9-12(14(10)11)16(13)18/h2-4,6-9,15H,1,5,17-18H2. The fraction of sp³-hybridized carbons (Fsp3) is 0.125. The summed E-state index contributed by atoms with van der Waals surface area (Å²) in [6.07, 6.45) is 2.59. The van der Waals surface area contributed by atoms with Crippen molar-refractivity contribution in [3.8, 4) is 0 Å². The van der Waals surface area contributed by atoms with Gasteiger partial charge in [-0.1, -0.05) is 42.5 Å². The van der Waals surface area contributed by atoms with Crippen molar-refractivity contribution >= 4 is 16.5 Å². The van der Waals surface area contributed by atoms with Gasteiger partial charge in [0.25, 0.3) is 0 Å². The minimum atomic E-state index is -0.124. The maximum atomic E-state index is 6.34. The molecule has 2 aromatic carbocycles. The van der Waals surface area contributed by atoms with Crippen molar-refractivity contribution in [2.45, 2.75) is 12.5 Å². The molecule has 0 fully saturated rings. The lowest BCUT2D eigenvalue weighted by Crippen LogP contribution is -2.21. The van der Waals surface area contributed by atoms with Gasteiger partial charge in [0.1, 0.15) is 0 Å². The third-order valence-corrected chi connectivity index (χ3v) is 3.65. The zero-order chi connectivity index (χ0) is 12.7. The second-order valence-corrected chi connectivity index (χ2v) is 4.66. The maximum absolute atomic E-state index is 6.34. The quantitative estimate of drug-likeness (QED) is 0.787. The summed E-state index contributed by atoms with van der Waals surface area (Å²) in [4.78, 5) is 0. The highest BCUT2D eigenvalue weighted by atomic mass is 14.7. The first-order valence-electron chi connectivity index (χ1n) is 6.11. The first-order valence-corrected chi connectivity index (χ1v) is 6.11. The molecular weight excluding hydrogens is 220 g/mol. The third-order valence-electron chi connectivity index (χ3n) is 3.65. The zero-order valence-corrected chi connectivity index (χ0v) is 10.2. The van der Waals surface area contributed by atoms with Crippen LogP contribution in [0, 0.1) is 0 Å². The van der Waals surface area contributed by atoms with Crippen molar-refractivity contribution in [1.29, 1.82) is 0 Å². The Hall–Kier alpha value is -2.06. The molecule has 0 amide bonds. The van der Waals surface area contributed by atoms with E-state index in [1.54, 1.807) is 0 Å². The summed E-state index contributed by atoms with van der Waals surface area (Å²) in [5.41, 5.74) is 16.8. The molecular formula is C16H16N2. The largest absolute Gasteiger partial charge is 0.398 e. The summed E-state index contributed by atoms with van der Waals surface area (Å²) < 4.78 is 0. The molecule has 18 heavy (non-hydrogen) atoms. The Morgan fingerprint density at radius 2 is 1.89 bits per heavy atom. The molecule has 2 heteroatoms. The summed E-state index contributed by atoms with van der Waals surface area (Å²) in [7, 11) is 0. The summed E-state index contributed by atoms with van der Waals surface area (Å²) in [6.45, 7) is 3.78. The smallest absolute Gasteiger partial charge is 0.0543 e. The Labute approximate surface area is 107 Å². The van der Waals surface area contributed by atoms with Gasteiger partial charge in [0.2, 0.25) is 0 Å². The van der Waals surface area contributed by atoms with E-state index in [2.05, 4.69) is 30.8 Å². The molecule has 0 aliphatic heterocycles. The average molecular weight is 236 g/mol. The van der Waals surface area contributed by atoms with E-state index in [1.807, 2.05) is 18.2 Å². The summed E-state index contributed by atoms with van der Waals surface area (Å²) in [5, 5.41) is 2.39. The molecule has 0 spiro atoms. The van der Waals surface area contributed by atoms with E-state index < -0.39 is 0 Å². The van der Waals surface area contributed by atoms with E-state index in [0.717, 1.165) is 28.8 Å². The molecule has 1 aliphatic carbocycles. The summed E-state index contributed by atoms with van der Waals surface area (Å²) in [6, 6.07) is 12.3. The van der Waals surface area contributed by atoms with Crippen molar-refractivity contribution in [2.75, 3.05) is 0 Å². The van der Waals surface area contributed by atoms with Crippen LogP contribution in [0.3, 0.4) is 0 Å². The number of allylic oxidation sites excluding steroid dienone is 1. The molecule has 0 heterocycles. The summed E-state index contributed by atoms with van der Waals surface area (Å²) >= 11 is 0. The fourth-order valence-corrected chi connectivity index (χ4v) is 2.77. The Balaban J connectivity index is 2.39. The van der Waals surface area contributed by atoms with Crippen LogP contribution in [0.15, 0.2) is 54.6 Å². The van der Waals surface area contributed by atoms with E-state index in [0.29, 0.717) is 0 Å². The second kappa shape index (κ2) is 4.00. The van der Waals surface area contributed by atoms with Crippen LogP contribution in [-0.2, 0) is 0 Å². The topological polar surface area (TPSA) is 52.0 Å². The molecule has 2 aromatic rings. The summed E-state index contributed by atoms with van der Waals surface area (Å²) in [5.74, 6) is 0. The van der Waals surface area contributed by atoms with Gasteiger partial charge in [-0.2, -0.15) is 0 Å². The number of hydrogen-bond acceptors (Lipinski definition) is 2. The van der Waals surface area contributed by atoms with Crippen molar-refractivity contribution in [1.82, 2.24) is 0 Å². The van der Waals surface area contributed by atoms with Crippen LogP contribution < -0.4 is 11.5 Å². The van der Waals surface area contributed by atoms with Crippen LogP contribution in [0.25, 0.3) is 16.5 Å². The predicted octanol–water partition coefficient (Wildman–Crippen LogP) is 3.10. The molecule has 1 unspecified atom stereocenters. The molecule has 3 rings (SSSR count). The van der Waals surface area contributed by atoms with Crippen molar-refractivity contribution < 1.29 is 0 Å². The highest BCUT2D eigenvalue weighted by Crippen LogP contribution is 2.39. The first-order chi connectivity index (χ1) is 8.74. The molecule has 0 radical (unpaired) electrons. The monoisotopic (exact) mass is 236 g/mol. The highest BCUT2D eigenvalue weighted by Gasteiger charge is 2.24. The van der Waals surface area contributed by atoms with E-state index >= 15 is 0 Å². The average Bonchev–Trinajstić information content (AvgIpc) is 2.40. The molecule has 0 saturated carbocycles. The Kier molecular flexibility index (Phi) is 2.46. The molecule has 0 saturated heterocycles. The molecule has 1 atom stereocenters. The molecule has 90 valence electrons. The van der Waals surface area contributed by atoms with Gasteiger partial charge in [-0.3, -0.25) is 0 Å². The number of nitrogens with two attached hydrogens (primary N) is 2. The molecule has 0 aromatic heterocycles. The van der Waals surface area contributed by atoms with Crippen LogP contribution in [0.5, 0.6) is 0 Å². The van der Waals surface area contributed by atoms with Crippen LogP contribution in [0.4, 0.5) is 0 Å². The Morgan fingerprint density at radius 3 is 2.61 bits per heavy atom. The highest BCUT2D eigenvalue weighted by molar-refractivity contribution is 5.99. The van der Waals surface area contributed by atoms with E-state index in [-0.39, 0.29) is 6.04 Å². The molecule has 1 aliphatic rings. The van der Waals surface area contributed by atoms with Crippen LogP contribution >= 0.6 is 0 Å². The van der Waals surface area contributed by atoms with Gasteiger partial charge < -0.3 is 11.5 Å². The lowest BCUT2D eigenvalue weighted by Gasteiger charge is -2.26. The Morgan fingerprint density at radius 1 is 1.17 bits per heavy atom. The maximum Gasteiger partial charge on any atom is 0.0543 e. The lowest BCUT2D eigenvalue weighted by atomic mass is 9.83. The normalized spacial score (nSPS) is 18.2. The fourth-order valence-electron chi connectivity index (χ4n) is 2.77. The van der Waals surface area contributed by atoms with Gasteiger partial charge >= 0.3 is 0 Å². The van der Waals surface area contributed by atoms with E-state index in [4.69, 9.17) is 11.5 Å². The molecule has 2 nitrogen and oxygen atoms in total. The minimum Gasteiger partial charge on any atom is -0.398 e. The van der Waals surface area contributed by atoms with Crippen LogP contribution in [0.1, 0.15) is 23.6 Å². The number of rotatable bonds is 2. The van der Waals surface area contributed by atoms with Crippen molar-refractivity contribution in [3.63, 3.8) is 0 Å². The van der Waals surface area contributed by atoms with E-state index in [1.165, 1.54) is 10.8 Å². The van der Waals surface area contributed by atoms with Gasteiger partial charge in [-0.05, 0) is 28.3 Å². The second-order valence-electron chi connectivity index (χ2n) is 4.66. The Bertz CT molecular complexity index is 663. The van der Waals surface area contributed by atoms with Crippen LogP contribution in [-0.4, -0.2) is 0 Å². The van der Waals surface area contributed by atoms with E-state index in [9.17, 15) is 0 Å². The van der Waals surface area contributed by atoms with Gasteiger partial charge in [0.05, 0.1) is 6.04 Å². The van der Waals surface area contributed by atoms with Gasteiger partial charge in [-0.25, -0.2) is 0 Å². The minimum absolute atomic E-state index is 0.124. The van der Waals surface area contributed by atoms with Gasteiger partial charge in [0, 0.05) is 11.3 Å². The third kappa shape index (κ3) is 1.39. The first kappa shape index (κ1) is 11.1. The zero-order valence-electron chi connectivity index (χ0n) is 10.2. The van der Waals surface area contributed by atoms with Gasteiger partial charge in [-0.15, -0.1) is 6.58 Å². The predicted molar refractivity (Wildman–Crippen MR) is 76.8 cm³/mol. The van der Waals surface area contributed by atoms with Crippen molar-refractivity contribution in [3.05, 3.63) is 65.8 Å². The van der Waals surface area contributed by atoms with Gasteiger partial charge in [0.15, 0.2) is 0 Å². The number of benzene rings is 2. The van der Waals surface area contributed by atoms with Crippen molar-refractivity contribution in [2.24, 2.45) is 11.5 Å². The lowest BCUT2D eigenvalue weighted by molar-refractivity contribution is 0.822. The van der Waals surface area contributed by atoms with Crippen LogP contribution in [0.2, 0.25) is 0 Å². The molecule has 0 bridgehead atoms.